The lowest BCUT2D eigenvalue weighted by molar-refractivity contribution is -0.167. The Labute approximate surface area is 480 Å². The van der Waals surface area contributed by atoms with Crippen LogP contribution in [0.25, 0.3) is 0 Å². The predicted molar refractivity (Wildman–Crippen MR) is 335 cm³/mol. The van der Waals surface area contributed by atoms with Crippen LogP contribution in [-0.2, 0) is 28.6 Å². The molecule has 0 saturated carbocycles. The van der Waals surface area contributed by atoms with E-state index in [1.54, 1.807) is 0 Å². The van der Waals surface area contributed by atoms with Crippen LogP contribution >= 0.6 is 0 Å². The lowest BCUT2D eigenvalue weighted by atomic mass is 10.0. The van der Waals surface area contributed by atoms with Crippen molar-refractivity contribution in [1.82, 2.24) is 0 Å². The van der Waals surface area contributed by atoms with Gasteiger partial charge in [0.05, 0.1) is 0 Å². The van der Waals surface area contributed by atoms with E-state index in [0.717, 1.165) is 57.8 Å². The number of carbonyl (C=O) groups is 3. The first kappa shape index (κ1) is 74.6. The molecule has 0 bridgehead atoms. The molecule has 6 nitrogen and oxygen atoms in total. The van der Waals surface area contributed by atoms with Crippen LogP contribution in [0.15, 0.2) is 36.5 Å². The van der Waals surface area contributed by atoms with Crippen molar-refractivity contribution >= 4 is 17.9 Å². The van der Waals surface area contributed by atoms with Gasteiger partial charge in [-0.15, -0.1) is 0 Å². The number of allylic oxidation sites excluding steroid dienone is 6. The van der Waals surface area contributed by atoms with Crippen LogP contribution in [-0.4, -0.2) is 37.2 Å². The van der Waals surface area contributed by atoms with Gasteiger partial charge in [0.2, 0.25) is 0 Å². The van der Waals surface area contributed by atoms with Gasteiger partial charge in [-0.1, -0.05) is 301 Å². The summed E-state index contributed by atoms with van der Waals surface area (Å²) in [6.07, 6.45) is 81.5. The number of rotatable bonds is 64. The molecular weight excluding hydrogens is 949 g/mol. The second kappa shape index (κ2) is 66.1. The van der Waals surface area contributed by atoms with Crippen LogP contribution in [0.1, 0.15) is 380 Å². The average molecular weight is 1080 g/mol. The number of hydrogen-bond donors (Lipinski definition) is 0. The minimum atomic E-state index is -0.774. The summed E-state index contributed by atoms with van der Waals surface area (Å²) in [6, 6.07) is 0. The molecule has 0 N–H and O–H groups in total. The maximum absolute atomic E-state index is 13.0. The molecule has 0 aliphatic carbocycles. The molecule has 0 atom stereocenters. The number of ether oxygens (including phenoxy) is 3. The molecule has 0 amide bonds. The molecule has 0 aromatic heterocycles. The quantitative estimate of drug-likeness (QED) is 0.0261. The molecule has 0 fully saturated rings. The second-order valence-corrected chi connectivity index (χ2v) is 23.4. The minimum Gasteiger partial charge on any atom is -0.462 e. The van der Waals surface area contributed by atoms with Crippen LogP contribution in [0, 0.1) is 0 Å². The van der Waals surface area contributed by atoms with Crippen LogP contribution < -0.4 is 0 Å². The van der Waals surface area contributed by atoms with Crippen molar-refractivity contribution in [3.8, 4) is 0 Å². The van der Waals surface area contributed by atoms with Gasteiger partial charge < -0.3 is 14.2 Å². The summed E-state index contributed by atoms with van der Waals surface area (Å²) < 4.78 is 17.0. The number of hydrogen-bond acceptors (Lipinski definition) is 6. The highest BCUT2D eigenvalue weighted by Crippen LogP contribution is 2.18. The zero-order valence-electron chi connectivity index (χ0n) is 52.0. The van der Waals surface area contributed by atoms with Gasteiger partial charge in [0, 0.05) is 19.3 Å². The van der Waals surface area contributed by atoms with Gasteiger partial charge >= 0.3 is 17.9 Å². The van der Waals surface area contributed by atoms with Crippen molar-refractivity contribution in [3.63, 3.8) is 0 Å². The molecule has 0 heterocycles. The molecule has 0 aromatic rings. The Hall–Kier alpha value is -2.37. The first-order chi connectivity index (χ1) is 38.0. The fourth-order valence-electron chi connectivity index (χ4n) is 10.4. The van der Waals surface area contributed by atoms with Crippen LogP contribution in [0.4, 0.5) is 0 Å². The summed E-state index contributed by atoms with van der Waals surface area (Å²) in [6.45, 7) is 6.70. The number of unbranched alkanes of at least 4 members (excludes halogenated alkanes) is 47. The van der Waals surface area contributed by atoms with Gasteiger partial charge in [-0.05, 0) is 96.3 Å². The Morgan fingerprint density at radius 3 is 0.649 bits per heavy atom. The molecule has 6 heteroatoms. The molecule has 0 aliphatic heterocycles. The maximum Gasteiger partial charge on any atom is 0.306 e. The molecule has 0 aliphatic rings. The van der Waals surface area contributed by atoms with E-state index < -0.39 is 6.10 Å². The van der Waals surface area contributed by atoms with Gasteiger partial charge in [0.1, 0.15) is 13.2 Å². The molecule has 77 heavy (non-hydrogen) atoms. The van der Waals surface area contributed by atoms with Crippen LogP contribution in [0.3, 0.4) is 0 Å². The van der Waals surface area contributed by atoms with Gasteiger partial charge in [-0.2, -0.15) is 0 Å². The van der Waals surface area contributed by atoms with Crippen LogP contribution in [0.2, 0.25) is 0 Å². The summed E-state index contributed by atoms with van der Waals surface area (Å²) in [5, 5.41) is 0. The summed E-state index contributed by atoms with van der Waals surface area (Å²) in [4.78, 5) is 38.4. The third-order valence-electron chi connectivity index (χ3n) is 15.6. The van der Waals surface area contributed by atoms with Gasteiger partial charge in [0.25, 0.3) is 0 Å². The topological polar surface area (TPSA) is 78.9 Å². The summed E-state index contributed by atoms with van der Waals surface area (Å²) in [5.41, 5.74) is 0. The largest absolute Gasteiger partial charge is 0.462 e. The smallest absolute Gasteiger partial charge is 0.306 e. The summed E-state index contributed by atoms with van der Waals surface area (Å²) >= 11 is 0. The average Bonchev–Trinajstić information content (AvgIpc) is 3.43. The molecule has 0 rings (SSSR count). The fourth-order valence-corrected chi connectivity index (χ4v) is 10.4. The highest BCUT2D eigenvalue weighted by atomic mass is 16.6. The first-order valence-corrected chi connectivity index (χ1v) is 34.5. The Bertz CT molecular complexity index is 1220. The van der Waals surface area contributed by atoms with E-state index in [1.165, 1.54) is 283 Å². The van der Waals surface area contributed by atoms with Crippen molar-refractivity contribution in [2.75, 3.05) is 13.2 Å². The van der Waals surface area contributed by atoms with Crippen molar-refractivity contribution in [1.29, 1.82) is 0 Å². The lowest BCUT2D eigenvalue weighted by Crippen LogP contribution is -2.30. The lowest BCUT2D eigenvalue weighted by Gasteiger charge is -2.18. The molecular formula is C71H132O6. The third-order valence-corrected chi connectivity index (χ3v) is 15.6. The van der Waals surface area contributed by atoms with E-state index in [-0.39, 0.29) is 31.1 Å². The van der Waals surface area contributed by atoms with Crippen molar-refractivity contribution < 1.29 is 28.6 Å². The molecule has 0 aromatic carbocycles. The molecule has 0 unspecified atom stereocenters. The fraction of sp³-hybridized carbons (Fsp3) is 0.873. The van der Waals surface area contributed by atoms with E-state index in [4.69, 9.17) is 14.2 Å². The second-order valence-electron chi connectivity index (χ2n) is 23.4. The van der Waals surface area contributed by atoms with Crippen molar-refractivity contribution in [2.45, 2.75) is 386 Å². The van der Waals surface area contributed by atoms with Crippen molar-refractivity contribution in [3.05, 3.63) is 36.5 Å². The Morgan fingerprint density at radius 2 is 0.429 bits per heavy atom. The van der Waals surface area contributed by atoms with E-state index in [9.17, 15) is 14.4 Å². The molecule has 0 radical (unpaired) electrons. The molecule has 0 saturated heterocycles. The van der Waals surface area contributed by atoms with Gasteiger partial charge in [-0.3, -0.25) is 14.4 Å². The Morgan fingerprint density at radius 1 is 0.247 bits per heavy atom. The Balaban J connectivity index is 4.33. The zero-order chi connectivity index (χ0) is 55.7. The van der Waals surface area contributed by atoms with Crippen molar-refractivity contribution in [2.24, 2.45) is 0 Å². The summed E-state index contributed by atoms with van der Waals surface area (Å²) in [5.74, 6) is -0.848. The highest BCUT2D eigenvalue weighted by molar-refractivity contribution is 5.71. The van der Waals surface area contributed by atoms with E-state index >= 15 is 0 Å². The minimum absolute atomic E-state index is 0.0704. The molecule has 0 spiro atoms. The van der Waals surface area contributed by atoms with Gasteiger partial charge in [-0.25, -0.2) is 0 Å². The maximum atomic E-state index is 13.0. The predicted octanol–water partition coefficient (Wildman–Crippen LogP) is 23.6. The van der Waals surface area contributed by atoms with E-state index in [0.29, 0.717) is 19.3 Å². The van der Waals surface area contributed by atoms with Gasteiger partial charge in [0.15, 0.2) is 6.10 Å². The standard InChI is InChI=1S/C71H132O6/c1-4-7-10-13-16-19-22-25-28-31-34-35-38-41-44-47-50-53-56-59-62-65-71(74)77-68(66-75-69(72)63-60-57-54-51-48-45-42-39-36-32-29-26-23-20-17-14-11-8-5-2)67-76-70(73)64-61-58-55-52-49-46-43-40-37-33-30-27-24-21-18-15-12-9-6-3/h25-30,68H,4-24,31-67H2,1-3H3/b28-25-,29-26-,30-27-. The van der Waals surface area contributed by atoms with E-state index in [1.807, 2.05) is 0 Å². The van der Waals surface area contributed by atoms with Crippen LogP contribution in [0.5, 0.6) is 0 Å². The first-order valence-electron chi connectivity index (χ1n) is 34.5. The monoisotopic (exact) mass is 1080 g/mol. The normalized spacial score (nSPS) is 11.8. The number of esters is 3. The zero-order valence-corrected chi connectivity index (χ0v) is 52.0. The SMILES string of the molecule is CCCCCCCC/C=C\CCCCCCCCCCCCCC(=O)OC(COC(=O)CCCCCCCCCCC/C=C\CCCCCCCC)COC(=O)CCCCCCCCCCC/C=C\CCCCCCCC. The molecule has 452 valence electrons. The highest BCUT2D eigenvalue weighted by Gasteiger charge is 2.19. The van der Waals surface area contributed by atoms with E-state index in [2.05, 4.69) is 57.2 Å². The Kier molecular flexibility index (Phi) is 64.1. The number of carbonyl (C=O) groups excluding carboxylic acids is 3. The summed E-state index contributed by atoms with van der Waals surface area (Å²) in [7, 11) is 0. The third kappa shape index (κ3) is 64.3.